The Bertz CT molecular complexity index is 455. The number of anilines is 1. The van der Waals surface area contributed by atoms with Crippen LogP contribution in [0.1, 0.15) is 15.9 Å². The molecule has 0 saturated heterocycles. The fourth-order valence-corrected chi connectivity index (χ4v) is 1.06. The van der Waals surface area contributed by atoms with E-state index < -0.39 is 5.97 Å². The quantitative estimate of drug-likeness (QED) is 0.314. The van der Waals surface area contributed by atoms with Gasteiger partial charge in [0, 0.05) is 11.3 Å². The van der Waals surface area contributed by atoms with Gasteiger partial charge in [-0.2, -0.15) is 0 Å². The molecule has 4 nitrogen and oxygen atoms in total. The Morgan fingerprint density at radius 1 is 1.53 bits per heavy atom. The Hall–Kier alpha value is -2.28. The summed E-state index contributed by atoms with van der Waals surface area (Å²) in [6.07, 6.45) is 0.456. The Morgan fingerprint density at radius 3 is 2.87 bits per heavy atom. The molecule has 4 heteroatoms. The molecule has 0 atom stereocenters. The second kappa shape index (κ2) is 4.82. The number of nitrogens with two attached hydrogens (primary N) is 1. The molecule has 1 rings (SSSR count). The number of benzene rings is 1. The van der Waals surface area contributed by atoms with Crippen molar-refractivity contribution in [1.29, 1.82) is 0 Å². The summed E-state index contributed by atoms with van der Waals surface area (Å²) in [6, 6.07) is 4.62. The van der Waals surface area contributed by atoms with Gasteiger partial charge in [-0.1, -0.05) is 5.92 Å². The van der Waals surface area contributed by atoms with Crippen molar-refractivity contribution in [2.24, 2.45) is 0 Å². The van der Waals surface area contributed by atoms with Gasteiger partial charge in [0.1, 0.15) is 0 Å². The van der Waals surface area contributed by atoms with E-state index >= 15 is 0 Å². The van der Waals surface area contributed by atoms with Crippen molar-refractivity contribution in [2.75, 3.05) is 12.8 Å². The highest BCUT2D eigenvalue weighted by atomic mass is 16.5. The van der Waals surface area contributed by atoms with Crippen molar-refractivity contribution in [3.05, 3.63) is 29.3 Å². The molecular formula is C11H9NO3. The number of hydrogen-bond donors (Lipinski definition) is 1. The monoisotopic (exact) mass is 203 g/mol. The average molecular weight is 203 g/mol. The highest BCUT2D eigenvalue weighted by molar-refractivity contribution is 5.93. The molecule has 0 spiro atoms. The minimum atomic E-state index is -0.530. The number of esters is 1. The van der Waals surface area contributed by atoms with Gasteiger partial charge < -0.3 is 10.5 Å². The summed E-state index contributed by atoms with van der Waals surface area (Å²) in [4.78, 5) is 21.4. The van der Waals surface area contributed by atoms with Crippen LogP contribution in [0.5, 0.6) is 0 Å². The van der Waals surface area contributed by atoms with Crippen LogP contribution in [0.25, 0.3) is 0 Å². The standard InChI is InChI=1S/C11H9NO3/c1-15-11(14)10-7-9(12)5-4-8(10)3-2-6-13/h4-7H,12H2,1H3. The molecule has 1 aromatic rings. The molecular weight excluding hydrogens is 194 g/mol. The van der Waals surface area contributed by atoms with E-state index in [2.05, 4.69) is 16.6 Å². The second-order valence-electron chi connectivity index (χ2n) is 2.68. The van der Waals surface area contributed by atoms with Crippen LogP contribution in [-0.4, -0.2) is 19.4 Å². The molecule has 0 unspecified atom stereocenters. The zero-order chi connectivity index (χ0) is 11.3. The summed E-state index contributed by atoms with van der Waals surface area (Å²) < 4.78 is 4.56. The van der Waals surface area contributed by atoms with E-state index in [1.807, 2.05) is 0 Å². The lowest BCUT2D eigenvalue weighted by atomic mass is 10.1. The first-order valence-electron chi connectivity index (χ1n) is 4.12. The van der Waals surface area contributed by atoms with Crippen LogP contribution < -0.4 is 5.73 Å². The topological polar surface area (TPSA) is 69.4 Å². The number of methoxy groups -OCH3 is 1. The molecule has 0 aliphatic carbocycles. The van der Waals surface area contributed by atoms with E-state index in [0.717, 1.165) is 0 Å². The van der Waals surface area contributed by atoms with E-state index in [1.54, 1.807) is 12.1 Å². The fraction of sp³-hybridized carbons (Fsp3) is 0.0909. The van der Waals surface area contributed by atoms with E-state index in [4.69, 9.17) is 5.73 Å². The van der Waals surface area contributed by atoms with Crippen molar-refractivity contribution in [2.45, 2.75) is 0 Å². The summed E-state index contributed by atoms with van der Waals surface area (Å²) >= 11 is 0. The number of aldehydes is 1. The molecule has 0 aliphatic rings. The third-order valence-corrected chi connectivity index (χ3v) is 1.71. The van der Waals surface area contributed by atoms with Gasteiger partial charge >= 0.3 is 5.97 Å². The van der Waals surface area contributed by atoms with E-state index in [0.29, 0.717) is 17.5 Å². The molecule has 15 heavy (non-hydrogen) atoms. The number of nitrogen functional groups attached to an aromatic ring is 1. The first-order valence-corrected chi connectivity index (χ1v) is 4.12. The second-order valence-corrected chi connectivity index (χ2v) is 2.68. The van der Waals surface area contributed by atoms with Crippen LogP contribution in [0.4, 0.5) is 5.69 Å². The van der Waals surface area contributed by atoms with Crippen LogP contribution in [-0.2, 0) is 9.53 Å². The SMILES string of the molecule is COC(=O)c1cc(N)ccc1C#CC=O. The first-order chi connectivity index (χ1) is 7.19. The highest BCUT2D eigenvalue weighted by Gasteiger charge is 2.10. The molecule has 1 aromatic carbocycles. The predicted molar refractivity (Wildman–Crippen MR) is 55.1 cm³/mol. The van der Waals surface area contributed by atoms with E-state index in [1.165, 1.54) is 13.2 Å². The van der Waals surface area contributed by atoms with Gasteiger partial charge in [-0.15, -0.1) is 0 Å². The molecule has 0 aromatic heterocycles. The summed E-state index contributed by atoms with van der Waals surface area (Å²) in [5.41, 5.74) is 6.64. The predicted octanol–water partition coefficient (Wildman–Crippen LogP) is 0.606. The van der Waals surface area contributed by atoms with Crippen molar-refractivity contribution in [1.82, 2.24) is 0 Å². The summed E-state index contributed by atoms with van der Waals surface area (Å²) in [6.45, 7) is 0. The normalized spacial score (nSPS) is 8.60. The minimum Gasteiger partial charge on any atom is -0.465 e. The van der Waals surface area contributed by atoms with Gasteiger partial charge in [-0.25, -0.2) is 4.79 Å². The Balaban J connectivity index is 3.25. The maximum atomic E-state index is 11.3. The fourth-order valence-electron chi connectivity index (χ4n) is 1.06. The summed E-state index contributed by atoms with van der Waals surface area (Å²) in [5, 5.41) is 0. The number of carbonyl (C=O) groups is 2. The first kappa shape index (κ1) is 10.8. The van der Waals surface area contributed by atoms with Crippen LogP contribution >= 0.6 is 0 Å². The summed E-state index contributed by atoms with van der Waals surface area (Å²) in [7, 11) is 1.27. The maximum Gasteiger partial charge on any atom is 0.339 e. The highest BCUT2D eigenvalue weighted by Crippen LogP contribution is 2.13. The number of rotatable bonds is 1. The van der Waals surface area contributed by atoms with E-state index in [-0.39, 0.29) is 5.56 Å². The number of hydrogen-bond acceptors (Lipinski definition) is 4. The van der Waals surface area contributed by atoms with Gasteiger partial charge in [0.2, 0.25) is 0 Å². The Kier molecular flexibility index (Phi) is 3.47. The zero-order valence-electron chi connectivity index (χ0n) is 8.11. The van der Waals surface area contributed by atoms with Gasteiger partial charge in [0.05, 0.1) is 12.7 Å². The lowest BCUT2D eigenvalue weighted by Crippen LogP contribution is -2.05. The molecule has 2 N–H and O–H groups in total. The van der Waals surface area contributed by atoms with Crippen LogP contribution in [0.15, 0.2) is 18.2 Å². The largest absolute Gasteiger partial charge is 0.465 e. The van der Waals surface area contributed by atoms with Crippen LogP contribution in [0.2, 0.25) is 0 Å². The minimum absolute atomic E-state index is 0.256. The van der Waals surface area contributed by atoms with Crippen LogP contribution in [0.3, 0.4) is 0 Å². The molecule has 0 fully saturated rings. The zero-order valence-corrected chi connectivity index (χ0v) is 8.11. The Morgan fingerprint density at radius 2 is 2.27 bits per heavy atom. The number of carbonyl (C=O) groups excluding carboxylic acids is 2. The Labute approximate surface area is 87.0 Å². The van der Waals surface area contributed by atoms with Crippen molar-refractivity contribution in [3.8, 4) is 11.8 Å². The third kappa shape index (κ3) is 2.58. The maximum absolute atomic E-state index is 11.3. The van der Waals surface area contributed by atoms with Gasteiger partial charge in [-0.3, -0.25) is 4.79 Å². The average Bonchev–Trinajstić information content (AvgIpc) is 2.26. The van der Waals surface area contributed by atoms with Crippen molar-refractivity contribution >= 4 is 17.9 Å². The van der Waals surface area contributed by atoms with Crippen LogP contribution in [0, 0.1) is 11.8 Å². The van der Waals surface area contributed by atoms with Crippen molar-refractivity contribution < 1.29 is 14.3 Å². The molecule has 0 bridgehead atoms. The lowest BCUT2D eigenvalue weighted by Gasteiger charge is -2.03. The molecule has 0 saturated carbocycles. The molecule has 0 heterocycles. The number of ether oxygens (including phenoxy) is 1. The molecule has 76 valence electrons. The lowest BCUT2D eigenvalue weighted by molar-refractivity contribution is -0.103. The van der Waals surface area contributed by atoms with Gasteiger partial charge in [0.25, 0.3) is 0 Å². The van der Waals surface area contributed by atoms with Gasteiger partial charge in [-0.05, 0) is 24.1 Å². The van der Waals surface area contributed by atoms with Crippen molar-refractivity contribution in [3.63, 3.8) is 0 Å². The molecule has 0 radical (unpaired) electrons. The van der Waals surface area contributed by atoms with Gasteiger partial charge in [0.15, 0.2) is 6.29 Å². The summed E-state index contributed by atoms with van der Waals surface area (Å²) in [5.74, 6) is 4.23. The smallest absolute Gasteiger partial charge is 0.339 e. The molecule has 0 amide bonds. The third-order valence-electron chi connectivity index (χ3n) is 1.71. The molecule has 0 aliphatic heterocycles. The van der Waals surface area contributed by atoms with E-state index in [9.17, 15) is 9.59 Å².